The van der Waals surface area contributed by atoms with Gasteiger partial charge in [-0.3, -0.25) is 0 Å². The molecule has 0 saturated carbocycles. The Morgan fingerprint density at radius 1 is 2.00 bits per heavy atom. The van der Waals surface area contributed by atoms with Gasteiger partial charge in [0.2, 0.25) is 0 Å². The van der Waals surface area contributed by atoms with E-state index in [0.717, 1.165) is 5.00 Å². The van der Waals surface area contributed by atoms with Crippen LogP contribution < -0.4 is 0 Å². The van der Waals surface area contributed by atoms with Crippen molar-refractivity contribution < 1.29 is 0 Å². The summed E-state index contributed by atoms with van der Waals surface area (Å²) in [7, 11) is 0. The minimum absolute atomic E-state index is 0.995. The van der Waals surface area contributed by atoms with Crippen molar-refractivity contribution >= 4 is 41.6 Å². The quantitative estimate of drug-likeness (QED) is 0.277. The fraction of sp³-hybridized carbons (Fsp3) is 1.00. The average molecular weight is 216 g/mol. The number of hydrogen-bond donors (Lipinski definition) is 0. The number of alkyl halides is 1. The molecule has 0 unspecified atom stereocenters. The van der Waals surface area contributed by atoms with Crippen molar-refractivity contribution in [3.63, 3.8) is 0 Å². The Hall–Kier alpha value is 1.31. The molecule has 0 rings (SSSR count). The molecule has 0 aliphatic heterocycles. The molecule has 0 aromatic rings. The summed E-state index contributed by atoms with van der Waals surface area (Å²) in [6, 6.07) is 0. The van der Waals surface area contributed by atoms with Gasteiger partial charge >= 0.3 is 46.5 Å². The third kappa shape index (κ3) is 5.31. The molecule has 0 amide bonds. The van der Waals surface area contributed by atoms with Crippen LogP contribution in [0.2, 0.25) is 0 Å². The van der Waals surface area contributed by atoms with Crippen LogP contribution in [0.5, 0.6) is 0 Å². The Labute approximate surface area is 46.4 Å². The minimum atomic E-state index is -0.995. The molecule has 0 aliphatic rings. The van der Waals surface area contributed by atoms with E-state index in [-0.39, 0.29) is 0 Å². The van der Waals surface area contributed by atoms with E-state index >= 15 is 0 Å². The van der Waals surface area contributed by atoms with E-state index in [9.17, 15) is 0 Å². The zero-order valence-corrected chi connectivity index (χ0v) is 6.68. The maximum absolute atomic E-state index is 5.33. The molecule has 0 N–H and O–H groups in total. The van der Waals surface area contributed by atoms with Crippen LogP contribution in [0.15, 0.2) is 0 Å². The molecule has 0 aromatic heterocycles. The van der Waals surface area contributed by atoms with Crippen LogP contribution in [0.4, 0.5) is 0 Å². The fourth-order valence-electron chi connectivity index (χ4n) is 0. The Kier molecular flexibility index (Phi) is 4.42. The van der Waals surface area contributed by atoms with Gasteiger partial charge in [0.25, 0.3) is 0 Å². The van der Waals surface area contributed by atoms with Crippen molar-refractivity contribution in [1.82, 2.24) is 0 Å². The third-order valence-corrected chi connectivity index (χ3v) is 6.57. The first-order valence-corrected chi connectivity index (χ1v) is 9.04. The van der Waals surface area contributed by atoms with E-state index in [4.69, 9.17) is 5.70 Å². The molecule has 0 aromatic carbocycles. The van der Waals surface area contributed by atoms with Gasteiger partial charge in [0.15, 0.2) is 0 Å². The van der Waals surface area contributed by atoms with Gasteiger partial charge in [0.1, 0.15) is 0 Å². The molecule has 0 nitrogen and oxygen atoms in total. The van der Waals surface area contributed by atoms with Gasteiger partial charge in [0.05, 0.1) is 0 Å². The van der Waals surface area contributed by atoms with Crippen molar-refractivity contribution in [2.45, 2.75) is 0 Å². The van der Waals surface area contributed by atoms with Gasteiger partial charge in [-0.05, 0) is 0 Å². The zero-order valence-electron chi connectivity index (χ0n) is 2.81. The summed E-state index contributed by atoms with van der Waals surface area (Å²) in [6.45, 7) is 0. The predicted octanol–water partition coefficient (Wildman–Crippen LogP) is 1.53. The molecule has 0 spiro atoms. The van der Waals surface area contributed by atoms with Gasteiger partial charge in [0, 0.05) is 0 Å². The molecular formula is CH3BIPS. The monoisotopic (exact) mass is 216 g/mol. The van der Waals surface area contributed by atoms with E-state index in [1.54, 1.807) is 0 Å². The second-order valence-electron chi connectivity index (χ2n) is 0.554. The van der Waals surface area contributed by atoms with Crippen LogP contribution >= 0.6 is 24.1 Å². The zero-order chi connectivity index (χ0) is 4.28. The Balaban J connectivity index is 2.83. The van der Waals surface area contributed by atoms with E-state index in [2.05, 4.69) is 11.8 Å². The average Bonchev–Trinajstić information content (AvgIpc) is 1.38. The standard InChI is InChI=1S/CH3BIPS/c1-3(2)4-5/h1H3. The summed E-state index contributed by atoms with van der Waals surface area (Å²) >= 11 is 3.60. The molecule has 4 heteroatoms. The summed E-state index contributed by atoms with van der Waals surface area (Å²) < 4.78 is 0. The van der Waals surface area contributed by atoms with Crippen molar-refractivity contribution in [2.75, 3.05) is 4.93 Å². The molecule has 2 radical (unpaired) electrons. The summed E-state index contributed by atoms with van der Waals surface area (Å²) in [5.41, 5.74) is 5.33. The van der Waals surface area contributed by atoms with Crippen molar-refractivity contribution in [2.24, 2.45) is 0 Å². The first kappa shape index (κ1) is 6.31. The normalized spacial score (nSPS) is 11.8. The first-order valence-electron chi connectivity index (χ1n) is 0.948. The summed E-state index contributed by atoms with van der Waals surface area (Å²) in [6.07, 6.45) is 0. The topological polar surface area (TPSA) is 0 Å². The van der Waals surface area contributed by atoms with Gasteiger partial charge in [-0.15, -0.1) is 0 Å². The second kappa shape index (κ2) is 3.50. The van der Waals surface area contributed by atoms with Crippen LogP contribution in [0.25, 0.3) is 0 Å². The van der Waals surface area contributed by atoms with E-state index in [1.807, 2.05) is 4.93 Å². The molecule has 28 valence electrons. The molecule has 0 heterocycles. The van der Waals surface area contributed by atoms with Crippen LogP contribution in [-0.2, 0) is 11.8 Å². The van der Waals surface area contributed by atoms with E-state index in [0.29, 0.717) is 0 Å². The Morgan fingerprint density at radius 2 is 2.20 bits per heavy atom. The number of halogens is 1. The van der Waals surface area contributed by atoms with Crippen molar-refractivity contribution in [3.05, 3.63) is 0 Å². The Bertz CT molecular complexity index is 38.6. The van der Waals surface area contributed by atoms with Crippen LogP contribution in [0.3, 0.4) is 0 Å². The molecule has 0 aliphatic carbocycles. The van der Waals surface area contributed by atoms with Crippen LogP contribution in [0.1, 0.15) is 0 Å². The predicted molar refractivity (Wildman–Crippen MR) is 40.0 cm³/mol. The summed E-state index contributed by atoms with van der Waals surface area (Å²) in [5.74, 6) is 0. The van der Waals surface area contributed by atoms with Crippen LogP contribution in [0, 0.1) is 0 Å². The first-order chi connectivity index (χ1) is 2.27. The number of hydrogen-bond acceptors (Lipinski definition) is 1. The molecule has 0 bridgehead atoms. The van der Waals surface area contributed by atoms with E-state index in [1.165, 1.54) is 0 Å². The number of rotatable bonds is 1. The third-order valence-electron chi connectivity index (χ3n) is 0.109. The molecular weight excluding hydrogens is 213 g/mol. The van der Waals surface area contributed by atoms with E-state index < -0.39 is 19.1 Å². The van der Waals surface area contributed by atoms with Gasteiger partial charge in [-0.25, -0.2) is 0 Å². The van der Waals surface area contributed by atoms with Gasteiger partial charge < -0.3 is 0 Å². The molecule has 0 saturated heterocycles. The molecule has 0 fully saturated rings. The molecule has 0 atom stereocenters. The summed E-state index contributed by atoms with van der Waals surface area (Å²) in [5, 5.41) is 0. The second-order valence-corrected chi connectivity index (χ2v) is 11.0. The van der Waals surface area contributed by atoms with Crippen molar-refractivity contribution in [3.8, 4) is 0 Å². The molecule has 5 heavy (non-hydrogen) atoms. The van der Waals surface area contributed by atoms with Crippen LogP contribution in [-0.4, -0.2) is 10.6 Å². The Morgan fingerprint density at radius 3 is 2.20 bits per heavy atom. The van der Waals surface area contributed by atoms with Gasteiger partial charge in [-0.1, -0.05) is 0 Å². The SMILES string of the molecule is [B]I(C)P=S. The fourth-order valence-corrected chi connectivity index (χ4v) is 0. The van der Waals surface area contributed by atoms with Crippen molar-refractivity contribution in [1.29, 1.82) is 0 Å². The van der Waals surface area contributed by atoms with Gasteiger partial charge in [-0.2, -0.15) is 0 Å². The summed E-state index contributed by atoms with van der Waals surface area (Å²) in [4.78, 5) is 3.05. The maximum atomic E-state index is 5.33.